The van der Waals surface area contributed by atoms with Gasteiger partial charge in [-0.3, -0.25) is 5.32 Å². The van der Waals surface area contributed by atoms with Gasteiger partial charge in [0, 0.05) is 42.1 Å². The van der Waals surface area contributed by atoms with E-state index in [4.69, 9.17) is 0 Å². The van der Waals surface area contributed by atoms with E-state index in [1.165, 1.54) is 10.9 Å². The lowest BCUT2D eigenvalue weighted by Crippen LogP contribution is -2.28. The van der Waals surface area contributed by atoms with Gasteiger partial charge in [-0.15, -0.1) is 0 Å². The molecule has 0 saturated carbocycles. The quantitative estimate of drug-likeness (QED) is 0.406. The Morgan fingerprint density at radius 3 is 2.86 bits per heavy atom. The number of nitrogens with one attached hydrogen (secondary N) is 4. The van der Waals surface area contributed by atoms with Crippen LogP contribution >= 0.6 is 0 Å². The molecule has 0 aliphatic heterocycles. The Hall–Kier alpha value is -3.54. The summed E-state index contributed by atoms with van der Waals surface area (Å²) in [5.41, 5.74) is 4.52. The number of urea groups is 1. The highest BCUT2D eigenvalue weighted by molar-refractivity contribution is 5.94. The van der Waals surface area contributed by atoms with Crippen molar-refractivity contribution < 1.29 is 4.79 Å². The number of benzene rings is 2. The third kappa shape index (κ3) is 3.76. The first-order valence-electron chi connectivity index (χ1n) is 9.37. The second-order valence-corrected chi connectivity index (χ2v) is 6.82. The zero-order valence-electron chi connectivity index (χ0n) is 16.0. The molecule has 2 aromatic heterocycles. The van der Waals surface area contributed by atoms with Crippen LogP contribution in [0.3, 0.4) is 0 Å². The Balaban J connectivity index is 1.55. The highest BCUT2D eigenvalue weighted by Gasteiger charge is 2.06. The van der Waals surface area contributed by atoms with Crippen molar-refractivity contribution in [2.45, 2.75) is 20.4 Å². The van der Waals surface area contributed by atoms with Gasteiger partial charge in [-0.25, -0.2) is 9.78 Å². The first-order valence-corrected chi connectivity index (χ1v) is 9.37. The van der Waals surface area contributed by atoms with Crippen molar-refractivity contribution >= 4 is 39.2 Å². The molecular weight excluding hydrogens is 350 g/mol. The van der Waals surface area contributed by atoms with Gasteiger partial charge in [-0.05, 0) is 66.1 Å². The number of aromatic amines is 1. The van der Waals surface area contributed by atoms with E-state index in [1.807, 2.05) is 19.2 Å². The first-order chi connectivity index (χ1) is 13.6. The second-order valence-electron chi connectivity index (χ2n) is 6.82. The molecule has 4 N–H and O–H groups in total. The molecule has 0 radical (unpaired) electrons. The zero-order chi connectivity index (χ0) is 19.5. The van der Waals surface area contributed by atoms with E-state index in [9.17, 15) is 4.79 Å². The number of carbonyl (C=O) groups excluding carboxylic acids is 1. The van der Waals surface area contributed by atoms with Crippen LogP contribution in [0.25, 0.3) is 21.7 Å². The third-order valence-corrected chi connectivity index (χ3v) is 4.74. The normalized spacial score (nSPS) is 10.9. The first kappa shape index (κ1) is 17.9. The topological polar surface area (TPSA) is 81.8 Å². The number of amides is 2. The van der Waals surface area contributed by atoms with Gasteiger partial charge in [0.15, 0.2) is 0 Å². The fraction of sp³-hybridized carbons (Fsp3) is 0.182. The van der Waals surface area contributed by atoms with Gasteiger partial charge in [0.25, 0.3) is 0 Å². The van der Waals surface area contributed by atoms with E-state index in [0.29, 0.717) is 12.4 Å². The fourth-order valence-electron chi connectivity index (χ4n) is 3.34. The van der Waals surface area contributed by atoms with Crippen molar-refractivity contribution in [3.63, 3.8) is 0 Å². The van der Waals surface area contributed by atoms with Crippen molar-refractivity contribution in [1.29, 1.82) is 0 Å². The molecule has 0 saturated heterocycles. The van der Waals surface area contributed by atoms with Crippen LogP contribution < -0.4 is 16.0 Å². The maximum Gasteiger partial charge on any atom is 0.320 e. The molecule has 0 unspecified atom stereocenters. The fourth-order valence-corrected chi connectivity index (χ4v) is 3.34. The van der Waals surface area contributed by atoms with E-state index >= 15 is 0 Å². The van der Waals surface area contributed by atoms with Crippen molar-refractivity contribution in [3.05, 3.63) is 66.0 Å². The number of aryl methyl sites for hydroxylation is 1. The van der Waals surface area contributed by atoms with Crippen LogP contribution in [0.15, 0.2) is 54.9 Å². The number of pyridine rings is 1. The summed E-state index contributed by atoms with van der Waals surface area (Å²) in [6, 6.07) is 14.3. The Morgan fingerprint density at radius 2 is 2.00 bits per heavy atom. The number of fused-ring (bicyclic) bond motifs is 2. The predicted molar refractivity (Wildman–Crippen MR) is 115 cm³/mol. The summed E-state index contributed by atoms with van der Waals surface area (Å²) in [5.74, 6) is 0.534. The number of anilines is 2. The second kappa shape index (κ2) is 7.60. The van der Waals surface area contributed by atoms with Gasteiger partial charge in [-0.1, -0.05) is 12.1 Å². The monoisotopic (exact) mass is 373 g/mol. The van der Waals surface area contributed by atoms with Crippen LogP contribution in [-0.4, -0.2) is 22.5 Å². The van der Waals surface area contributed by atoms with Crippen LogP contribution in [0.4, 0.5) is 16.3 Å². The van der Waals surface area contributed by atoms with Gasteiger partial charge in [0.05, 0.1) is 0 Å². The molecule has 6 heteroatoms. The Morgan fingerprint density at radius 1 is 1.11 bits per heavy atom. The van der Waals surface area contributed by atoms with Gasteiger partial charge in [0.1, 0.15) is 5.82 Å². The summed E-state index contributed by atoms with van der Waals surface area (Å²) in [5, 5.41) is 12.3. The molecule has 2 amide bonds. The van der Waals surface area contributed by atoms with Crippen molar-refractivity contribution in [2.75, 3.05) is 17.2 Å². The summed E-state index contributed by atoms with van der Waals surface area (Å²) in [6.45, 7) is 5.25. The average Bonchev–Trinajstić information content (AvgIpc) is 3.14. The summed E-state index contributed by atoms with van der Waals surface area (Å²) in [4.78, 5) is 19.3. The number of carbonyl (C=O) groups is 1. The van der Waals surface area contributed by atoms with Crippen LogP contribution in [0.2, 0.25) is 0 Å². The summed E-state index contributed by atoms with van der Waals surface area (Å²) in [7, 11) is 0. The third-order valence-electron chi connectivity index (χ3n) is 4.74. The molecule has 4 rings (SSSR count). The maximum absolute atomic E-state index is 11.7. The summed E-state index contributed by atoms with van der Waals surface area (Å²) >= 11 is 0. The summed E-state index contributed by atoms with van der Waals surface area (Å²) in [6.07, 6.45) is 3.75. The van der Waals surface area contributed by atoms with E-state index in [-0.39, 0.29) is 6.03 Å². The van der Waals surface area contributed by atoms with E-state index in [0.717, 1.165) is 34.1 Å². The standard InChI is InChI=1S/C22H23N5O/c1-3-23-22(28)27-21-11-17-10-18(8-14(2)19(17)13-26-21)25-12-15-4-5-16-6-7-24-20(16)9-15/h4-11,13,24-25H,3,12H2,1-2H3,(H2,23,26,27,28). The Labute approximate surface area is 163 Å². The lowest BCUT2D eigenvalue weighted by atomic mass is 10.1. The van der Waals surface area contributed by atoms with E-state index < -0.39 is 0 Å². The SMILES string of the molecule is CCNC(=O)Nc1cc2cc(NCc3ccc4cc[nH]c4c3)cc(C)c2cn1. The van der Waals surface area contributed by atoms with Crippen LogP contribution in [0.1, 0.15) is 18.1 Å². The summed E-state index contributed by atoms with van der Waals surface area (Å²) < 4.78 is 0. The molecule has 4 aromatic rings. The molecular formula is C22H23N5O. The van der Waals surface area contributed by atoms with Crippen molar-refractivity contribution in [3.8, 4) is 0 Å². The minimum Gasteiger partial charge on any atom is -0.381 e. The predicted octanol–water partition coefficient (Wildman–Crippen LogP) is 4.78. The van der Waals surface area contributed by atoms with Crippen molar-refractivity contribution in [2.24, 2.45) is 0 Å². The number of aromatic nitrogens is 2. The molecule has 142 valence electrons. The molecule has 6 nitrogen and oxygen atoms in total. The van der Waals surface area contributed by atoms with E-state index in [1.54, 1.807) is 6.20 Å². The molecule has 28 heavy (non-hydrogen) atoms. The molecule has 0 atom stereocenters. The maximum atomic E-state index is 11.7. The molecule has 0 aliphatic rings. The van der Waals surface area contributed by atoms with Crippen LogP contribution in [0, 0.1) is 6.92 Å². The number of nitrogens with zero attached hydrogens (tertiary/aromatic N) is 1. The lowest BCUT2D eigenvalue weighted by Gasteiger charge is -2.12. The zero-order valence-corrected chi connectivity index (χ0v) is 16.0. The number of rotatable bonds is 5. The smallest absolute Gasteiger partial charge is 0.320 e. The highest BCUT2D eigenvalue weighted by Crippen LogP contribution is 2.25. The van der Waals surface area contributed by atoms with Crippen LogP contribution in [0.5, 0.6) is 0 Å². The van der Waals surface area contributed by atoms with Crippen molar-refractivity contribution in [1.82, 2.24) is 15.3 Å². The molecule has 0 bridgehead atoms. The molecule has 0 spiro atoms. The van der Waals surface area contributed by atoms with Gasteiger partial charge < -0.3 is 15.6 Å². The van der Waals surface area contributed by atoms with Gasteiger partial charge in [0.2, 0.25) is 0 Å². The number of hydrogen-bond acceptors (Lipinski definition) is 3. The van der Waals surface area contributed by atoms with E-state index in [2.05, 4.69) is 69.2 Å². The molecule has 0 fully saturated rings. The van der Waals surface area contributed by atoms with Crippen LogP contribution in [-0.2, 0) is 6.54 Å². The highest BCUT2D eigenvalue weighted by atomic mass is 16.2. The van der Waals surface area contributed by atoms with Gasteiger partial charge in [-0.2, -0.15) is 0 Å². The minimum atomic E-state index is -0.250. The van der Waals surface area contributed by atoms with Gasteiger partial charge >= 0.3 is 6.03 Å². The minimum absolute atomic E-state index is 0.250. The number of hydrogen-bond donors (Lipinski definition) is 4. The molecule has 2 heterocycles. The largest absolute Gasteiger partial charge is 0.381 e. The number of H-pyrrole nitrogens is 1. The Kier molecular flexibility index (Phi) is 4.85. The molecule has 0 aliphatic carbocycles. The molecule has 2 aromatic carbocycles. The lowest BCUT2D eigenvalue weighted by molar-refractivity contribution is 0.252. The Bertz CT molecular complexity index is 1150. The average molecular weight is 373 g/mol.